The zero-order valence-corrected chi connectivity index (χ0v) is 18.3. The first-order chi connectivity index (χ1) is 13.8. The molecule has 1 aliphatic heterocycles. The van der Waals surface area contributed by atoms with Crippen molar-refractivity contribution in [2.24, 2.45) is 5.92 Å². The number of hydrogen-bond acceptors (Lipinski definition) is 6. The van der Waals surface area contributed by atoms with Crippen LogP contribution in [0.5, 0.6) is 0 Å². The van der Waals surface area contributed by atoms with Crippen LogP contribution >= 0.6 is 11.3 Å². The molecular formula is C20H31N3O5S. The predicted molar refractivity (Wildman–Crippen MR) is 110 cm³/mol. The number of carbonyl (C=O) groups excluding carboxylic acids is 2. The SMILES string of the molecule is CCCCOC(=O)N1[C@@H]([C@H](CC(C)C)NC(C)=O)[C@H](c2nccs2)C[C@@H]1C(=O)O. The Morgan fingerprint density at radius 2 is 2.14 bits per heavy atom. The van der Waals surface area contributed by atoms with Crippen LogP contribution in [0.1, 0.15) is 64.3 Å². The third-order valence-electron chi connectivity index (χ3n) is 5.06. The average molecular weight is 426 g/mol. The van der Waals surface area contributed by atoms with Gasteiger partial charge in [0.25, 0.3) is 0 Å². The first-order valence-corrected chi connectivity index (χ1v) is 11.0. The largest absolute Gasteiger partial charge is 0.480 e. The van der Waals surface area contributed by atoms with E-state index in [1.807, 2.05) is 26.2 Å². The van der Waals surface area contributed by atoms with Crippen LogP contribution in [-0.2, 0) is 14.3 Å². The molecule has 29 heavy (non-hydrogen) atoms. The number of unbranched alkanes of at least 4 members (excludes halogenated alkanes) is 1. The Kier molecular flexibility index (Phi) is 8.43. The van der Waals surface area contributed by atoms with E-state index in [1.54, 1.807) is 6.20 Å². The first kappa shape index (κ1) is 23.1. The molecule has 1 saturated heterocycles. The molecule has 0 aromatic carbocycles. The van der Waals surface area contributed by atoms with Gasteiger partial charge >= 0.3 is 12.1 Å². The number of aromatic nitrogens is 1. The third-order valence-corrected chi connectivity index (χ3v) is 5.97. The molecule has 2 rings (SSSR count). The van der Waals surface area contributed by atoms with E-state index in [0.717, 1.165) is 11.4 Å². The van der Waals surface area contributed by atoms with Crippen molar-refractivity contribution in [3.05, 3.63) is 16.6 Å². The quantitative estimate of drug-likeness (QED) is 0.588. The van der Waals surface area contributed by atoms with E-state index in [1.165, 1.54) is 23.2 Å². The molecule has 4 atom stereocenters. The van der Waals surface area contributed by atoms with Crippen molar-refractivity contribution in [3.63, 3.8) is 0 Å². The van der Waals surface area contributed by atoms with Gasteiger partial charge in [0.1, 0.15) is 6.04 Å². The Hall–Kier alpha value is -2.16. The molecule has 2 amide bonds. The van der Waals surface area contributed by atoms with E-state index >= 15 is 0 Å². The Labute approximate surface area is 175 Å². The minimum Gasteiger partial charge on any atom is -0.480 e. The average Bonchev–Trinajstić information content (AvgIpc) is 3.27. The van der Waals surface area contributed by atoms with E-state index in [4.69, 9.17) is 4.74 Å². The number of rotatable bonds is 9. The summed E-state index contributed by atoms with van der Waals surface area (Å²) in [4.78, 5) is 42.6. The fourth-order valence-corrected chi connectivity index (χ4v) is 4.73. The summed E-state index contributed by atoms with van der Waals surface area (Å²) in [5, 5.41) is 15.4. The fourth-order valence-electron chi connectivity index (χ4n) is 3.93. The monoisotopic (exact) mass is 425 g/mol. The van der Waals surface area contributed by atoms with E-state index < -0.39 is 30.2 Å². The highest BCUT2D eigenvalue weighted by Gasteiger charge is 2.52. The Morgan fingerprint density at radius 1 is 1.41 bits per heavy atom. The number of nitrogens with zero attached hydrogens (tertiary/aromatic N) is 2. The first-order valence-electron chi connectivity index (χ1n) is 10.1. The van der Waals surface area contributed by atoms with Gasteiger partial charge in [-0.1, -0.05) is 27.2 Å². The lowest BCUT2D eigenvalue weighted by atomic mass is 9.88. The van der Waals surface area contributed by atoms with Gasteiger partial charge in [0, 0.05) is 24.4 Å². The Bertz CT molecular complexity index is 694. The molecule has 162 valence electrons. The highest BCUT2D eigenvalue weighted by atomic mass is 32.1. The van der Waals surface area contributed by atoms with E-state index in [0.29, 0.717) is 12.8 Å². The highest BCUT2D eigenvalue weighted by molar-refractivity contribution is 7.09. The van der Waals surface area contributed by atoms with Crippen molar-refractivity contribution >= 4 is 29.3 Å². The molecule has 1 aromatic rings. The lowest BCUT2D eigenvalue weighted by Gasteiger charge is -2.36. The van der Waals surface area contributed by atoms with Gasteiger partial charge < -0.3 is 15.2 Å². The maximum absolute atomic E-state index is 12.9. The number of carboxylic acids is 1. The van der Waals surface area contributed by atoms with Crippen LogP contribution in [0.3, 0.4) is 0 Å². The molecule has 2 heterocycles. The summed E-state index contributed by atoms with van der Waals surface area (Å²) in [6, 6.07) is -1.96. The van der Waals surface area contributed by atoms with Crippen LogP contribution in [0.25, 0.3) is 0 Å². The second-order valence-electron chi connectivity index (χ2n) is 7.87. The normalized spacial score (nSPS) is 22.5. The van der Waals surface area contributed by atoms with Crippen LogP contribution in [0, 0.1) is 5.92 Å². The summed E-state index contributed by atoms with van der Waals surface area (Å²) in [7, 11) is 0. The van der Waals surface area contributed by atoms with Crippen molar-refractivity contribution < 1.29 is 24.2 Å². The van der Waals surface area contributed by atoms with E-state index in [2.05, 4.69) is 10.3 Å². The lowest BCUT2D eigenvalue weighted by Crippen LogP contribution is -2.55. The number of carboxylic acid groups (broad SMARTS) is 1. The van der Waals surface area contributed by atoms with Crippen LogP contribution in [0.2, 0.25) is 0 Å². The van der Waals surface area contributed by atoms with Crippen molar-refractivity contribution in [1.29, 1.82) is 0 Å². The van der Waals surface area contributed by atoms with Crippen LogP contribution < -0.4 is 5.32 Å². The second kappa shape index (κ2) is 10.6. The second-order valence-corrected chi connectivity index (χ2v) is 8.80. The number of hydrogen-bond donors (Lipinski definition) is 2. The minimum absolute atomic E-state index is 0.216. The van der Waals surface area contributed by atoms with Gasteiger partial charge in [0.05, 0.1) is 23.7 Å². The summed E-state index contributed by atoms with van der Waals surface area (Å²) in [5.74, 6) is -1.34. The van der Waals surface area contributed by atoms with Gasteiger partial charge in [-0.15, -0.1) is 11.3 Å². The zero-order valence-electron chi connectivity index (χ0n) is 17.5. The molecule has 1 fully saturated rings. The maximum atomic E-state index is 12.9. The Balaban J connectivity index is 2.45. The molecule has 0 aliphatic carbocycles. The number of ether oxygens (including phenoxy) is 1. The molecule has 1 aliphatic rings. The molecule has 2 N–H and O–H groups in total. The number of thiazole rings is 1. The van der Waals surface area contributed by atoms with Gasteiger partial charge in [0.2, 0.25) is 5.91 Å². The summed E-state index contributed by atoms with van der Waals surface area (Å²) in [6.45, 7) is 7.71. The van der Waals surface area contributed by atoms with E-state index in [-0.39, 0.29) is 30.8 Å². The minimum atomic E-state index is -1.08. The van der Waals surface area contributed by atoms with Crippen LogP contribution in [0.15, 0.2) is 11.6 Å². The number of likely N-dealkylation sites (tertiary alicyclic amines) is 1. The summed E-state index contributed by atoms with van der Waals surface area (Å²) < 4.78 is 5.40. The summed E-state index contributed by atoms with van der Waals surface area (Å²) in [5.41, 5.74) is 0. The molecule has 8 nitrogen and oxygen atoms in total. The van der Waals surface area contributed by atoms with E-state index in [9.17, 15) is 19.5 Å². The number of nitrogens with one attached hydrogen (secondary N) is 1. The van der Waals surface area contributed by atoms with Gasteiger partial charge in [-0.3, -0.25) is 9.69 Å². The molecule has 0 bridgehead atoms. The molecule has 0 saturated carbocycles. The van der Waals surface area contributed by atoms with Crippen molar-refractivity contribution in [2.75, 3.05) is 6.61 Å². The van der Waals surface area contributed by atoms with Gasteiger partial charge in [-0.25, -0.2) is 14.6 Å². The molecule has 9 heteroatoms. The van der Waals surface area contributed by atoms with Gasteiger partial charge in [-0.05, 0) is 25.2 Å². The summed E-state index contributed by atoms with van der Waals surface area (Å²) >= 11 is 1.43. The molecular weight excluding hydrogens is 394 g/mol. The maximum Gasteiger partial charge on any atom is 0.410 e. The van der Waals surface area contributed by atoms with Crippen molar-refractivity contribution in [2.45, 2.75) is 77.4 Å². The predicted octanol–water partition coefficient (Wildman–Crippen LogP) is 3.24. The Morgan fingerprint density at radius 3 is 2.66 bits per heavy atom. The number of aliphatic carboxylic acids is 1. The van der Waals surface area contributed by atoms with Gasteiger partial charge in [0.15, 0.2) is 0 Å². The zero-order chi connectivity index (χ0) is 21.6. The summed E-state index contributed by atoms with van der Waals surface area (Å²) in [6.07, 6.45) is 3.45. The smallest absolute Gasteiger partial charge is 0.410 e. The van der Waals surface area contributed by atoms with Gasteiger partial charge in [-0.2, -0.15) is 0 Å². The number of carbonyl (C=O) groups is 3. The molecule has 0 unspecified atom stereocenters. The fraction of sp³-hybridized carbons (Fsp3) is 0.700. The van der Waals surface area contributed by atoms with Crippen LogP contribution in [0.4, 0.5) is 4.79 Å². The lowest BCUT2D eigenvalue weighted by molar-refractivity contribution is -0.142. The van der Waals surface area contributed by atoms with Crippen molar-refractivity contribution in [3.8, 4) is 0 Å². The number of amides is 2. The standard InChI is InChI=1S/C20H31N3O5S/c1-5-6-8-28-20(27)23-16(19(25)26)11-14(18-21-7-9-29-18)17(23)15(10-12(2)3)22-13(4)24/h7,9,12,14-17H,5-6,8,10-11H2,1-4H3,(H,22,24)(H,25,26)/t14-,15+,16-,17-/m1/s1. The molecule has 0 radical (unpaired) electrons. The third kappa shape index (κ3) is 5.91. The molecule has 1 aromatic heterocycles. The topological polar surface area (TPSA) is 109 Å². The van der Waals surface area contributed by atoms with Crippen LogP contribution in [-0.4, -0.2) is 57.7 Å². The molecule has 0 spiro atoms. The highest BCUT2D eigenvalue weighted by Crippen LogP contribution is 2.41. The van der Waals surface area contributed by atoms with Crippen molar-refractivity contribution in [1.82, 2.24) is 15.2 Å².